The molecule has 32 heavy (non-hydrogen) atoms. The molecule has 10 nitrogen and oxygen atoms in total. The molecule has 0 atom stereocenters. The lowest BCUT2D eigenvalue weighted by atomic mass is 10.0. The second-order valence-electron chi connectivity index (χ2n) is 9.09. The van der Waals surface area contributed by atoms with E-state index < -0.39 is 26.8 Å². The van der Waals surface area contributed by atoms with E-state index in [1.807, 2.05) is 6.92 Å². The van der Waals surface area contributed by atoms with Crippen molar-refractivity contribution in [1.29, 1.82) is 0 Å². The fourth-order valence-corrected chi connectivity index (χ4v) is 5.43. The zero-order valence-corrected chi connectivity index (χ0v) is 18.7. The molecule has 0 unspecified atom stereocenters. The summed E-state index contributed by atoms with van der Waals surface area (Å²) < 4.78 is 36.3. The summed E-state index contributed by atoms with van der Waals surface area (Å²) in [7, 11) is -3.80. The van der Waals surface area contributed by atoms with Crippen LogP contribution >= 0.6 is 0 Å². The maximum Gasteiger partial charge on any atom is 0.331 e. The highest BCUT2D eigenvalue weighted by Gasteiger charge is 2.41. The predicted molar refractivity (Wildman–Crippen MR) is 117 cm³/mol. The summed E-state index contributed by atoms with van der Waals surface area (Å²) in [6.45, 7) is 5.52. The van der Waals surface area contributed by atoms with Gasteiger partial charge in [-0.2, -0.15) is 0 Å². The minimum atomic E-state index is -3.80. The van der Waals surface area contributed by atoms with Crippen molar-refractivity contribution in [3.8, 4) is 0 Å². The van der Waals surface area contributed by atoms with Gasteiger partial charge in [-0.05, 0) is 44.9 Å². The average molecular weight is 460 g/mol. The number of aromatic nitrogens is 3. The molecule has 2 aromatic heterocycles. The van der Waals surface area contributed by atoms with Gasteiger partial charge in [-0.25, -0.2) is 17.9 Å². The number of nitrogens with zero attached hydrogens (tertiary/aromatic N) is 3. The molecule has 5 rings (SSSR count). The molecule has 1 aromatic carbocycles. The van der Waals surface area contributed by atoms with Gasteiger partial charge in [0.25, 0.3) is 5.56 Å². The summed E-state index contributed by atoms with van der Waals surface area (Å²) in [5, 5.41) is 7.18. The molecule has 1 aliphatic carbocycles. The van der Waals surface area contributed by atoms with Gasteiger partial charge in [-0.3, -0.25) is 13.9 Å². The Labute approximate surface area is 184 Å². The van der Waals surface area contributed by atoms with Gasteiger partial charge in [0.1, 0.15) is 0 Å². The van der Waals surface area contributed by atoms with Gasteiger partial charge in [0, 0.05) is 37.2 Å². The molecule has 3 heterocycles. The van der Waals surface area contributed by atoms with Crippen molar-refractivity contribution in [2.75, 3.05) is 13.1 Å². The molecule has 1 saturated heterocycles. The molecule has 11 heteroatoms. The Bertz CT molecular complexity index is 1430. The summed E-state index contributed by atoms with van der Waals surface area (Å²) in [6.07, 6.45) is 1.55. The maximum absolute atomic E-state index is 13.3. The summed E-state index contributed by atoms with van der Waals surface area (Å²) in [5.41, 5.74) is -0.385. The van der Waals surface area contributed by atoms with Gasteiger partial charge < -0.3 is 9.84 Å². The lowest BCUT2D eigenvalue weighted by Crippen LogP contribution is -2.48. The molecular formula is C21H25N5O5S. The van der Waals surface area contributed by atoms with Crippen LogP contribution in [-0.2, 0) is 23.1 Å². The van der Waals surface area contributed by atoms with Crippen LogP contribution < -0.4 is 21.3 Å². The molecule has 2 fully saturated rings. The van der Waals surface area contributed by atoms with Crippen LogP contribution in [0.15, 0.2) is 43.3 Å². The van der Waals surface area contributed by atoms with Crippen molar-refractivity contribution in [1.82, 2.24) is 24.3 Å². The smallest absolute Gasteiger partial charge is 0.331 e. The fourth-order valence-electron chi connectivity index (χ4n) is 3.94. The van der Waals surface area contributed by atoms with E-state index in [9.17, 15) is 18.0 Å². The molecule has 0 bridgehead atoms. The summed E-state index contributed by atoms with van der Waals surface area (Å²) >= 11 is 0. The molecule has 0 amide bonds. The van der Waals surface area contributed by atoms with Crippen LogP contribution in [0.3, 0.4) is 0 Å². The third kappa shape index (κ3) is 3.80. The van der Waals surface area contributed by atoms with Gasteiger partial charge >= 0.3 is 5.69 Å². The molecule has 3 aromatic rings. The van der Waals surface area contributed by atoms with Gasteiger partial charge in [0.05, 0.1) is 28.0 Å². The topological polar surface area (TPSA) is 128 Å². The van der Waals surface area contributed by atoms with Crippen LogP contribution in [0.2, 0.25) is 0 Å². The summed E-state index contributed by atoms with van der Waals surface area (Å²) in [6, 6.07) is 6.03. The van der Waals surface area contributed by atoms with E-state index in [1.54, 1.807) is 23.6 Å². The molecule has 2 aliphatic rings. The molecule has 0 spiro atoms. The van der Waals surface area contributed by atoms with Crippen molar-refractivity contribution in [2.24, 2.45) is 5.92 Å². The first-order valence-electron chi connectivity index (χ1n) is 10.6. The van der Waals surface area contributed by atoms with E-state index in [0.29, 0.717) is 23.5 Å². The van der Waals surface area contributed by atoms with E-state index in [-0.39, 0.29) is 22.7 Å². The van der Waals surface area contributed by atoms with Gasteiger partial charge in [-0.15, -0.1) is 0 Å². The predicted octanol–water partition coefficient (Wildman–Crippen LogP) is 0.558. The fraction of sp³-hybridized carbons (Fsp3) is 0.476. The quantitative estimate of drug-likeness (QED) is 0.528. The zero-order chi connectivity index (χ0) is 22.7. The first kappa shape index (κ1) is 21.1. The van der Waals surface area contributed by atoms with Crippen molar-refractivity contribution in [3.63, 3.8) is 0 Å². The Hall–Kier alpha value is -2.76. The highest BCUT2D eigenvalue weighted by atomic mass is 32.2. The van der Waals surface area contributed by atoms with Crippen LogP contribution in [0, 0.1) is 12.8 Å². The van der Waals surface area contributed by atoms with Crippen LogP contribution in [0.25, 0.3) is 10.9 Å². The minimum Gasteiger partial charge on any atom is -0.359 e. The zero-order valence-electron chi connectivity index (χ0n) is 17.9. The number of nitrogens with one attached hydrogen (secondary N) is 2. The average Bonchev–Trinajstić information content (AvgIpc) is 3.27. The molecule has 2 N–H and O–H groups in total. The van der Waals surface area contributed by atoms with Gasteiger partial charge in [0.15, 0.2) is 5.76 Å². The van der Waals surface area contributed by atoms with E-state index >= 15 is 0 Å². The molecule has 1 saturated carbocycles. The van der Waals surface area contributed by atoms with Crippen molar-refractivity contribution < 1.29 is 12.9 Å². The number of hydrogen-bond acceptors (Lipinski definition) is 7. The first-order valence-corrected chi connectivity index (χ1v) is 12.1. The Balaban J connectivity index is 1.66. The number of rotatable bonds is 7. The van der Waals surface area contributed by atoms with Gasteiger partial charge in [-0.1, -0.05) is 5.16 Å². The minimum absolute atomic E-state index is 0.00722. The van der Waals surface area contributed by atoms with Crippen LogP contribution in [-0.4, -0.2) is 41.3 Å². The second-order valence-corrected chi connectivity index (χ2v) is 10.8. The Kier molecular flexibility index (Phi) is 4.88. The molecule has 1 aliphatic heterocycles. The first-order chi connectivity index (χ1) is 15.2. The Morgan fingerprint density at radius 2 is 1.97 bits per heavy atom. The maximum atomic E-state index is 13.3. The standard InChI is InChI=1S/C21H25N5O5S/c1-13-7-15(31-23-13)12-26-19(27)17-8-16(32(29,30)24-21(2)5-6-21)3-4-18(17)25(20(26)28)11-14-9-22-10-14/h3-4,7-8,14,22,24H,5-6,9-12H2,1-2H3. The lowest BCUT2D eigenvalue weighted by Gasteiger charge is -2.28. The normalized spacial score (nSPS) is 18.1. The van der Waals surface area contributed by atoms with Crippen molar-refractivity contribution in [3.05, 3.63) is 56.6 Å². The summed E-state index contributed by atoms with van der Waals surface area (Å²) in [4.78, 5) is 26.6. The van der Waals surface area contributed by atoms with E-state index in [4.69, 9.17) is 4.52 Å². The van der Waals surface area contributed by atoms with Crippen molar-refractivity contribution >= 4 is 20.9 Å². The highest BCUT2D eigenvalue weighted by Crippen LogP contribution is 2.36. The van der Waals surface area contributed by atoms with Crippen molar-refractivity contribution in [2.45, 2.75) is 50.2 Å². The molecular weight excluding hydrogens is 434 g/mol. The Morgan fingerprint density at radius 3 is 2.56 bits per heavy atom. The van der Waals surface area contributed by atoms with E-state index in [1.165, 1.54) is 12.1 Å². The number of benzene rings is 1. The molecule has 170 valence electrons. The number of aryl methyl sites for hydroxylation is 1. The van der Waals surface area contributed by atoms with Crippen LogP contribution in [0.4, 0.5) is 0 Å². The second kappa shape index (κ2) is 7.39. The van der Waals surface area contributed by atoms with E-state index in [0.717, 1.165) is 30.5 Å². The highest BCUT2D eigenvalue weighted by molar-refractivity contribution is 7.89. The van der Waals surface area contributed by atoms with E-state index in [2.05, 4.69) is 15.2 Å². The van der Waals surface area contributed by atoms with Gasteiger partial charge in [0.2, 0.25) is 10.0 Å². The Morgan fingerprint density at radius 1 is 1.22 bits per heavy atom. The monoisotopic (exact) mass is 459 g/mol. The van der Waals surface area contributed by atoms with Crippen LogP contribution in [0.5, 0.6) is 0 Å². The third-order valence-corrected chi connectivity index (χ3v) is 7.82. The number of hydrogen-bond donors (Lipinski definition) is 2. The number of sulfonamides is 1. The lowest BCUT2D eigenvalue weighted by molar-refractivity contribution is 0.302. The largest absolute Gasteiger partial charge is 0.359 e. The molecule has 0 radical (unpaired) electrons. The van der Waals surface area contributed by atoms with Crippen LogP contribution in [0.1, 0.15) is 31.2 Å². The number of fused-ring (bicyclic) bond motifs is 1. The SMILES string of the molecule is Cc1cc(Cn2c(=O)c3cc(S(=O)(=O)NC4(C)CC4)ccc3n(CC3CNC3)c2=O)on1. The third-order valence-electron chi connectivity index (χ3n) is 6.18. The summed E-state index contributed by atoms with van der Waals surface area (Å²) in [5.74, 6) is 0.638.